The molecule has 3 rings (SSSR count). The molecule has 1 aromatic heterocycles. The summed E-state index contributed by atoms with van der Waals surface area (Å²) in [5.41, 5.74) is 2.93. The van der Waals surface area contributed by atoms with Crippen molar-refractivity contribution in [2.75, 3.05) is 0 Å². The highest BCUT2D eigenvalue weighted by Gasteiger charge is 2.17. The van der Waals surface area contributed by atoms with E-state index in [9.17, 15) is 4.79 Å². The summed E-state index contributed by atoms with van der Waals surface area (Å²) in [4.78, 5) is 16.6. The summed E-state index contributed by atoms with van der Waals surface area (Å²) in [6, 6.07) is 15.4. The number of amides is 1. The number of nitrogens with zero attached hydrogens (tertiary/aromatic N) is 2. The smallest absolute Gasteiger partial charge is 0.261 e. The van der Waals surface area contributed by atoms with Crippen LogP contribution in [-0.2, 0) is 11.3 Å². The first kappa shape index (κ1) is 17.7. The van der Waals surface area contributed by atoms with E-state index in [0.717, 1.165) is 16.7 Å². The lowest BCUT2D eigenvalue weighted by Crippen LogP contribution is -2.36. The Balaban J connectivity index is 1.57. The molecule has 0 aliphatic heterocycles. The van der Waals surface area contributed by atoms with Gasteiger partial charge in [-0.15, -0.1) is 0 Å². The van der Waals surface area contributed by atoms with Gasteiger partial charge in [-0.25, -0.2) is 0 Å². The SMILES string of the molecule is Cc1ccc(C)c(O[C@@H](C)C(=O)NCc2nc(-c3ccccc3)no2)c1. The average molecular weight is 351 g/mol. The Labute approximate surface area is 152 Å². The quantitative estimate of drug-likeness (QED) is 0.736. The number of aromatic nitrogens is 2. The molecule has 0 aliphatic rings. The highest BCUT2D eigenvalue weighted by molar-refractivity contribution is 5.80. The predicted octanol–water partition coefficient (Wildman–Crippen LogP) is 3.44. The van der Waals surface area contributed by atoms with Crippen LogP contribution < -0.4 is 10.1 Å². The molecule has 0 saturated carbocycles. The summed E-state index contributed by atoms with van der Waals surface area (Å²) in [5, 5.41) is 6.69. The van der Waals surface area contributed by atoms with Crippen molar-refractivity contribution in [2.45, 2.75) is 33.4 Å². The van der Waals surface area contributed by atoms with Crippen LogP contribution in [0.5, 0.6) is 5.75 Å². The van der Waals surface area contributed by atoms with E-state index in [0.29, 0.717) is 17.5 Å². The van der Waals surface area contributed by atoms with Crippen molar-refractivity contribution < 1.29 is 14.1 Å². The topological polar surface area (TPSA) is 77.2 Å². The Morgan fingerprint density at radius 2 is 1.96 bits per heavy atom. The highest BCUT2D eigenvalue weighted by Crippen LogP contribution is 2.20. The van der Waals surface area contributed by atoms with Crippen LogP contribution in [0.2, 0.25) is 0 Å². The standard InChI is InChI=1S/C20H21N3O3/c1-13-9-10-14(2)17(11-13)25-15(3)20(24)21-12-18-22-19(23-26-18)16-7-5-4-6-8-16/h4-11,15H,12H2,1-3H3,(H,21,24)/t15-/m0/s1. The maximum absolute atomic E-state index is 12.3. The van der Waals surface area contributed by atoms with Crippen LogP contribution in [0.1, 0.15) is 23.9 Å². The summed E-state index contributed by atoms with van der Waals surface area (Å²) in [6.45, 7) is 5.79. The van der Waals surface area contributed by atoms with Crippen LogP contribution >= 0.6 is 0 Å². The van der Waals surface area contributed by atoms with Gasteiger partial charge in [-0.05, 0) is 38.0 Å². The molecule has 1 N–H and O–H groups in total. The average Bonchev–Trinajstić information content (AvgIpc) is 3.12. The molecule has 1 amide bonds. The zero-order valence-electron chi connectivity index (χ0n) is 15.0. The van der Waals surface area contributed by atoms with Gasteiger partial charge in [-0.3, -0.25) is 4.79 Å². The lowest BCUT2D eigenvalue weighted by molar-refractivity contribution is -0.127. The summed E-state index contributed by atoms with van der Waals surface area (Å²) >= 11 is 0. The Kier molecular flexibility index (Phi) is 5.31. The minimum atomic E-state index is -0.632. The Hall–Kier alpha value is -3.15. The fraction of sp³-hybridized carbons (Fsp3) is 0.250. The maximum Gasteiger partial charge on any atom is 0.261 e. The van der Waals surface area contributed by atoms with Gasteiger partial charge in [0.25, 0.3) is 5.91 Å². The zero-order chi connectivity index (χ0) is 18.5. The molecule has 0 bridgehead atoms. The second-order valence-corrected chi connectivity index (χ2v) is 6.12. The molecule has 3 aromatic rings. The first-order valence-electron chi connectivity index (χ1n) is 8.42. The molecule has 1 atom stereocenters. The van der Waals surface area contributed by atoms with Crippen molar-refractivity contribution in [3.05, 3.63) is 65.5 Å². The number of carbonyl (C=O) groups is 1. The Bertz CT molecular complexity index is 890. The first-order chi connectivity index (χ1) is 12.5. The summed E-state index contributed by atoms with van der Waals surface area (Å²) in [5.74, 6) is 1.30. The number of nitrogens with one attached hydrogen (secondary N) is 1. The van der Waals surface area contributed by atoms with E-state index in [1.54, 1.807) is 6.92 Å². The maximum atomic E-state index is 12.3. The summed E-state index contributed by atoms with van der Waals surface area (Å²) in [6.07, 6.45) is -0.632. The first-order valence-corrected chi connectivity index (χ1v) is 8.42. The van der Waals surface area contributed by atoms with Crippen molar-refractivity contribution in [3.8, 4) is 17.1 Å². The number of rotatable bonds is 6. The summed E-state index contributed by atoms with van der Waals surface area (Å²) in [7, 11) is 0. The van der Waals surface area contributed by atoms with Crippen LogP contribution in [-0.4, -0.2) is 22.2 Å². The van der Waals surface area contributed by atoms with E-state index in [1.807, 2.05) is 62.4 Å². The van der Waals surface area contributed by atoms with Crippen LogP contribution in [0.4, 0.5) is 0 Å². The number of hydrogen-bond acceptors (Lipinski definition) is 5. The second kappa shape index (κ2) is 7.82. The van der Waals surface area contributed by atoms with Gasteiger partial charge in [0.05, 0.1) is 6.54 Å². The third-order valence-corrected chi connectivity index (χ3v) is 3.93. The molecule has 6 heteroatoms. The van der Waals surface area contributed by atoms with E-state index in [2.05, 4.69) is 15.5 Å². The molecule has 26 heavy (non-hydrogen) atoms. The van der Waals surface area contributed by atoms with Crippen molar-refractivity contribution in [2.24, 2.45) is 0 Å². The lowest BCUT2D eigenvalue weighted by Gasteiger charge is -2.16. The molecule has 134 valence electrons. The lowest BCUT2D eigenvalue weighted by atomic mass is 10.1. The number of carbonyl (C=O) groups excluding carboxylic acids is 1. The van der Waals surface area contributed by atoms with Crippen molar-refractivity contribution >= 4 is 5.91 Å². The monoisotopic (exact) mass is 351 g/mol. The largest absolute Gasteiger partial charge is 0.481 e. The zero-order valence-corrected chi connectivity index (χ0v) is 15.0. The number of ether oxygens (including phenoxy) is 1. The molecule has 1 heterocycles. The minimum Gasteiger partial charge on any atom is -0.481 e. The highest BCUT2D eigenvalue weighted by atomic mass is 16.5. The third-order valence-electron chi connectivity index (χ3n) is 3.93. The predicted molar refractivity (Wildman–Crippen MR) is 97.6 cm³/mol. The van der Waals surface area contributed by atoms with Crippen LogP contribution in [0.3, 0.4) is 0 Å². The number of benzene rings is 2. The Morgan fingerprint density at radius 1 is 1.19 bits per heavy atom. The molecule has 0 aliphatic carbocycles. The van der Waals surface area contributed by atoms with Gasteiger partial charge in [0, 0.05) is 5.56 Å². The molecule has 2 aromatic carbocycles. The molecule has 0 unspecified atom stereocenters. The van der Waals surface area contributed by atoms with Crippen molar-refractivity contribution in [1.82, 2.24) is 15.5 Å². The van der Waals surface area contributed by atoms with Gasteiger partial charge < -0.3 is 14.6 Å². The van der Waals surface area contributed by atoms with E-state index in [-0.39, 0.29) is 12.5 Å². The van der Waals surface area contributed by atoms with Crippen molar-refractivity contribution in [3.63, 3.8) is 0 Å². The fourth-order valence-electron chi connectivity index (χ4n) is 2.42. The minimum absolute atomic E-state index is 0.152. The van der Waals surface area contributed by atoms with Crippen LogP contribution in [0, 0.1) is 13.8 Å². The van der Waals surface area contributed by atoms with Gasteiger partial charge in [0.15, 0.2) is 6.10 Å². The third kappa shape index (κ3) is 4.27. The molecule has 0 fully saturated rings. The van der Waals surface area contributed by atoms with Gasteiger partial charge >= 0.3 is 0 Å². The van der Waals surface area contributed by atoms with Crippen LogP contribution in [0.15, 0.2) is 53.1 Å². The molecule has 0 radical (unpaired) electrons. The van der Waals surface area contributed by atoms with E-state index in [4.69, 9.17) is 9.26 Å². The number of aryl methyl sites for hydroxylation is 2. The molecular weight excluding hydrogens is 330 g/mol. The molecular formula is C20H21N3O3. The van der Waals surface area contributed by atoms with Crippen LogP contribution in [0.25, 0.3) is 11.4 Å². The summed E-state index contributed by atoms with van der Waals surface area (Å²) < 4.78 is 11.0. The van der Waals surface area contributed by atoms with E-state index >= 15 is 0 Å². The van der Waals surface area contributed by atoms with Crippen molar-refractivity contribution in [1.29, 1.82) is 0 Å². The second-order valence-electron chi connectivity index (χ2n) is 6.12. The molecule has 6 nitrogen and oxygen atoms in total. The fourth-order valence-corrected chi connectivity index (χ4v) is 2.42. The molecule has 0 spiro atoms. The van der Waals surface area contributed by atoms with Gasteiger partial charge in [0.2, 0.25) is 11.7 Å². The van der Waals surface area contributed by atoms with E-state index < -0.39 is 6.10 Å². The normalized spacial score (nSPS) is 11.8. The molecule has 0 saturated heterocycles. The van der Waals surface area contributed by atoms with Gasteiger partial charge in [0.1, 0.15) is 5.75 Å². The van der Waals surface area contributed by atoms with Gasteiger partial charge in [-0.2, -0.15) is 4.98 Å². The van der Waals surface area contributed by atoms with E-state index in [1.165, 1.54) is 0 Å². The number of hydrogen-bond donors (Lipinski definition) is 1. The van der Waals surface area contributed by atoms with Gasteiger partial charge in [-0.1, -0.05) is 47.6 Å². The Morgan fingerprint density at radius 3 is 2.73 bits per heavy atom.